The van der Waals surface area contributed by atoms with Crippen molar-refractivity contribution in [1.29, 1.82) is 0 Å². The Labute approximate surface area is 175 Å². The van der Waals surface area contributed by atoms with Crippen LogP contribution in [0.2, 0.25) is 0 Å². The highest BCUT2D eigenvalue weighted by Crippen LogP contribution is 2.29. The van der Waals surface area contributed by atoms with Crippen LogP contribution >= 0.6 is 24.0 Å². The summed E-state index contributed by atoms with van der Waals surface area (Å²) in [6.07, 6.45) is 5.33. The number of amides is 1. The van der Waals surface area contributed by atoms with Crippen molar-refractivity contribution in [1.82, 2.24) is 0 Å². The summed E-state index contributed by atoms with van der Waals surface area (Å²) in [6.45, 7) is -0.133. The molecule has 4 N–H and O–H groups in total. The summed E-state index contributed by atoms with van der Waals surface area (Å²) in [6, 6.07) is 12.2. The number of aliphatic imine (C=N–C) groups is 1. The maximum atomic E-state index is 12.0. The van der Waals surface area contributed by atoms with Crippen LogP contribution in [0.15, 0.2) is 47.5 Å². The van der Waals surface area contributed by atoms with Crippen LogP contribution in [-0.2, 0) is 4.79 Å². The number of benzene rings is 2. The van der Waals surface area contributed by atoms with Gasteiger partial charge in [-0.15, -0.1) is 30.4 Å². The fourth-order valence-electron chi connectivity index (χ4n) is 2.15. The second kappa shape index (κ2) is 10.9. The zero-order valence-corrected chi connectivity index (χ0v) is 17.3. The Morgan fingerprint density at radius 2 is 1.81 bits per heavy atom. The number of halogens is 1. The number of nitrogens with two attached hydrogens (primary N) is 1. The molecule has 0 aliphatic heterocycles. The molecule has 8 heteroatoms. The number of ether oxygens (including phenoxy) is 2. The average molecular weight is 480 g/mol. The highest BCUT2D eigenvalue weighted by Gasteiger charge is 2.06. The second-order valence-electron chi connectivity index (χ2n) is 5.17. The van der Waals surface area contributed by atoms with Crippen molar-refractivity contribution in [3.8, 4) is 23.8 Å². The summed E-state index contributed by atoms with van der Waals surface area (Å²) < 4.78 is 10.4. The standard InChI is InChI=1S/C19H20N4O3.HI/c1-4-13-6-5-7-14(10-13)22-18(24)12-21-19(20)23-15-8-9-16(25-2)17(11-15)26-3;/h1,5-11H,12H2,2-3H3,(H,22,24)(H3,20,21,23);1H. The minimum absolute atomic E-state index is 0. The minimum atomic E-state index is -0.309. The van der Waals surface area contributed by atoms with E-state index in [9.17, 15) is 4.79 Å². The van der Waals surface area contributed by atoms with E-state index >= 15 is 0 Å². The van der Waals surface area contributed by atoms with Crippen LogP contribution in [0.5, 0.6) is 11.5 Å². The number of carbonyl (C=O) groups excluding carboxylic acids is 1. The lowest BCUT2D eigenvalue weighted by Gasteiger charge is -2.11. The van der Waals surface area contributed by atoms with E-state index in [1.54, 1.807) is 56.7 Å². The van der Waals surface area contributed by atoms with Gasteiger partial charge in [0.05, 0.1) is 14.2 Å². The molecule has 1 amide bonds. The topological polar surface area (TPSA) is 98.0 Å². The smallest absolute Gasteiger partial charge is 0.246 e. The van der Waals surface area contributed by atoms with Gasteiger partial charge in [0.25, 0.3) is 0 Å². The van der Waals surface area contributed by atoms with E-state index in [-0.39, 0.29) is 42.4 Å². The van der Waals surface area contributed by atoms with Crippen LogP contribution in [0.1, 0.15) is 5.56 Å². The van der Waals surface area contributed by atoms with E-state index in [4.69, 9.17) is 21.6 Å². The number of nitrogens with one attached hydrogen (secondary N) is 2. The lowest BCUT2D eigenvalue weighted by molar-refractivity contribution is -0.114. The molecule has 0 bridgehead atoms. The SMILES string of the molecule is C#Cc1cccc(NC(=O)CN=C(N)Nc2ccc(OC)c(OC)c2)c1.I. The number of guanidine groups is 1. The predicted octanol–water partition coefficient (Wildman–Crippen LogP) is 2.67. The Morgan fingerprint density at radius 1 is 1.11 bits per heavy atom. The van der Waals surface area contributed by atoms with Crippen molar-refractivity contribution in [2.45, 2.75) is 0 Å². The first kappa shape index (κ1) is 22.1. The van der Waals surface area contributed by atoms with Gasteiger partial charge >= 0.3 is 0 Å². The van der Waals surface area contributed by atoms with Crippen LogP contribution in [0.25, 0.3) is 0 Å². The normalized spacial score (nSPS) is 10.2. The van der Waals surface area contributed by atoms with Crippen molar-refractivity contribution in [3.05, 3.63) is 48.0 Å². The number of rotatable bonds is 6. The third kappa shape index (κ3) is 6.71. The summed E-state index contributed by atoms with van der Waals surface area (Å²) in [5.41, 5.74) is 7.76. The molecular weight excluding hydrogens is 459 g/mol. The number of hydrogen-bond acceptors (Lipinski definition) is 4. The van der Waals surface area contributed by atoms with Gasteiger partial charge < -0.3 is 25.8 Å². The molecule has 0 aromatic heterocycles. The molecule has 142 valence electrons. The molecule has 0 unspecified atom stereocenters. The Bertz CT molecular complexity index is 862. The van der Waals surface area contributed by atoms with Crippen LogP contribution < -0.4 is 25.8 Å². The fraction of sp³-hybridized carbons (Fsp3) is 0.158. The Balaban J connectivity index is 0.00000364. The van der Waals surface area contributed by atoms with Crippen molar-refractivity contribution < 1.29 is 14.3 Å². The quantitative estimate of drug-likeness (QED) is 0.256. The zero-order chi connectivity index (χ0) is 18.9. The maximum absolute atomic E-state index is 12.0. The second-order valence-corrected chi connectivity index (χ2v) is 5.17. The van der Waals surface area contributed by atoms with Crippen LogP contribution in [0, 0.1) is 12.3 Å². The number of hydrogen-bond donors (Lipinski definition) is 3. The van der Waals surface area contributed by atoms with Gasteiger partial charge in [-0.2, -0.15) is 0 Å². The Hall–Kier alpha value is -2.93. The van der Waals surface area contributed by atoms with E-state index in [2.05, 4.69) is 21.5 Å². The molecule has 0 atom stereocenters. The molecule has 0 saturated heterocycles. The van der Waals surface area contributed by atoms with E-state index in [0.29, 0.717) is 28.4 Å². The van der Waals surface area contributed by atoms with Gasteiger partial charge in [-0.1, -0.05) is 12.0 Å². The van der Waals surface area contributed by atoms with Crippen molar-refractivity contribution in [2.24, 2.45) is 10.7 Å². The summed E-state index contributed by atoms with van der Waals surface area (Å²) in [4.78, 5) is 16.0. The Kier molecular flexibility index (Phi) is 8.95. The van der Waals surface area contributed by atoms with Gasteiger partial charge in [-0.3, -0.25) is 4.79 Å². The number of anilines is 2. The van der Waals surface area contributed by atoms with Crippen molar-refractivity contribution >= 4 is 47.2 Å². The molecule has 0 radical (unpaired) electrons. The van der Waals surface area contributed by atoms with E-state index in [1.165, 1.54) is 0 Å². The lowest BCUT2D eigenvalue weighted by atomic mass is 10.2. The highest BCUT2D eigenvalue weighted by atomic mass is 127. The molecule has 0 heterocycles. The largest absolute Gasteiger partial charge is 0.493 e. The van der Waals surface area contributed by atoms with Crippen molar-refractivity contribution in [3.63, 3.8) is 0 Å². The van der Waals surface area contributed by atoms with Crippen molar-refractivity contribution in [2.75, 3.05) is 31.4 Å². The number of carbonyl (C=O) groups is 1. The summed E-state index contributed by atoms with van der Waals surface area (Å²) in [5.74, 6) is 3.45. The van der Waals surface area contributed by atoms with E-state index in [0.717, 1.165) is 0 Å². The first-order valence-corrected chi connectivity index (χ1v) is 7.71. The van der Waals surface area contributed by atoms with Crippen LogP contribution in [-0.4, -0.2) is 32.6 Å². The summed E-state index contributed by atoms with van der Waals surface area (Å²) in [7, 11) is 3.09. The molecule has 0 aliphatic carbocycles. The molecule has 2 aromatic rings. The molecule has 0 saturated carbocycles. The monoisotopic (exact) mass is 480 g/mol. The van der Waals surface area contributed by atoms with Gasteiger partial charge in [0, 0.05) is 23.0 Å². The molecule has 0 fully saturated rings. The zero-order valence-electron chi connectivity index (χ0n) is 15.0. The fourth-order valence-corrected chi connectivity index (χ4v) is 2.15. The Morgan fingerprint density at radius 3 is 2.48 bits per heavy atom. The molecule has 7 nitrogen and oxygen atoms in total. The van der Waals surface area contributed by atoms with Crippen LogP contribution in [0.4, 0.5) is 11.4 Å². The summed E-state index contributed by atoms with van der Waals surface area (Å²) in [5, 5.41) is 5.60. The summed E-state index contributed by atoms with van der Waals surface area (Å²) >= 11 is 0. The van der Waals surface area contributed by atoms with Crippen LogP contribution in [0.3, 0.4) is 0 Å². The highest BCUT2D eigenvalue weighted by molar-refractivity contribution is 14.0. The maximum Gasteiger partial charge on any atom is 0.246 e. The first-order chi connectivity index (χ1) is 12.5. The van der Waals surface area contributed by atoms with Gasteiger partial charge in [0.2, 0.25) is 5.91 Å². The molecule has 27 heavy (non-hydrogen) atoms. The lowest BCUT2D eigenvalue weighted by Crippen LogP contribution is -2.25. The first-order valence-electron chi connectivity index (χ1n) is 7.71. The van der Waals surface area contributed by atoms with Gasteiger partial charge in [-0.25, -0.2) is 4.99 Å². The molecular formula is C19H21IN4O3. The van der Waals surface area contributed by atoms with Gasteiger partial charge in [-0.05, 0) is 30.3 Å². The van der Waals surface area contributed by atoms with E-state index in [1.807, 2.05) is 0 Å². The number of nitrogens with zero attached hydrogens (tertiary/aromatic N) is 1. The third-order valence-electron chi connectivity index (χ3n) is 3.36. The number of methoxy groups -OCH3 is 2. The third-order valence-corrected chi connectivity index (χ3v) is 3.36. The predicted molar refractivity (Wildman–Crippen MR) is 118 cm³/mol. The number of terminal acetylenes is 1. The van der Waals surface area contributed by atoms with E-state index < -0.39 is 0 Å². The molecule has 2 rings (SSSR count). The van der Waals surface area contributed by atoms with Gasteiger partial charge in [0.1, 0.15) is 6.54 Å². The van der Waals surface area contributed by atoms with Gasteiger partial charge in [0.15, 0.2) is 17.5 Å². The molecule has 0 aliphatic rings. The molecule has 2 aromatic carbocycles. The average Bonchev–Trinajstić information content (AvgIpc) is 2.66. The minimum Gasteiger partial charge on any atom is -0.493 e. The molecule has 0 spiro atoms.